The number of nitrogens with zero attached hydrogens (tertiary/aromatic N) is 1. The molecule has 4 nitrogen and oxygen atoms in total. The molecular formula is C17H22N2O2. The average molecular weight is 286 g/mol. The van der Waals surface area contributed by atoms with Gasteiger partial charge in [0.2, 0.25) is 0 Å². The fraction of sp³-hybridized carbons (Fsp3) is 0.471. The van der Waals surface area contributed by atoms with Crippen LogP contribution in [0.2, 0.25) is 0 Å². The van der Waals surface area contributed by atoms with E-state index in [1.54, 1.807) is 6.92 Å². The average Bonchev–Trinajstić information content (AvgIpc) is 2.50. The molecule has 1 aliphatic heterocycles. The summed E-state index contributed by atoms with van der Waals surface area (Å²) in [5.74, 6) is 4.90. The van der Waals surface area contributed by atoms with Gasteiger partial charge in [-0.1, -0.05) is 36.3 Å². The van der Waals surface area contributed by atoms with Crippen LogP contribution in [-0.4, -0.2) is 41.7 Å². The van der Waals surface area contributed by atoms with Gasteiger partial charge in [-0.3, -0.25) is 9.69 Å². The lowest BCUT2D eigenvalue weighted by Gasteiger charge is -2.37. The monoisotopic (exact) mass is 286 g/mol. The molecule has 1 aromatic rings. The number of carbonyl (C=O) groups excluding carboxylic acids is 1. The number of piperidine rings is 1. The van der Waals surface area contributed by atoms with Gasteiger partial charge < -0.3 is 10.4 Å². The Balaban J connectivity index is 1.91. The van der Waals surface area contributed by atoms with Crippen LogP contribution in [0.4, 0.5) is 0 Å². The van der Waals surface area contributed by atoms with Crippen molar-refractivity contribution in [2.45, 2.75) is 25.9 Å². The highest BCUT2D eigenvalue weighted by molar-refractivity contribution is 5.93. The third-order valence-corrected chi connectivity index (χ3v) is 3.86. The number of aliphatic hydroxyl groups is 1. The maximum Gasteiger partial charge on any atom is 0.296 e. The van der Waals surface area contributed by atoms with Crippen LogP contribution in [-0.2, 0) is 11.3 Å². The number of hydrogen-bond acceptors (Lipinski definition) is 3. The molecule has 0 aromatic heterocycles. The van der Waals surface area contributed by atoms with Crippen molar-refractivity contribution in [1.29, 1.82) is 0 Å². The lowest BCUT2D eigenvalue weighted by Crippen LogP contribution is -2.51. The molecule has 2 rings (SSSR count). The summed E-state index contributed by atoms with van der Waals surface area (Å²) in [4.78, 5) is 13.9. The Morgan fingerprint density at radius 1 is 1.43 bits per heavy atom. The Kier molecular flexibility index (Phi) is 5.79. The second kappa shape index (κ2) is 7.82. The van der Waals surface area contributed by atoms with E-state index in [-0.39, 0.29) is 24.5 Å². The predicted molar refractivity (Wildman–Crippen MR) is 82.3 cm³/mol. The number of nitrogens with one attached hydrogen (secondary N) is 1. The molecule has 2 atom stereocenters. The van der Waals surface area contributed by atoms with Crippen LogP contribution < -0.4 is 5.32 Å². The van der Waals surface area contributed by atoms with Crippen molar-refractivity contribution in [3.63, 3.8) is 0 Å². The maximum atomic E-state index is 11.6. The van der Waals surface area contributed by atoms with Gasteiger partial charge in [0.05, 0.1) is 0 Å². The molecule has 1 heterocycles. The van der Waals surface area contributed by atoms with E-state index in [9.17, 15) is 9.90 Å². The second-order valence-corrected chi connectivity index (χ2v) is 5.41. The van der Waals surface area contributed by atoms with Gasteiger partial charge in [-0.05, 0) is 24.8 Å². The van der Waals surface area contributed by atoms with Crippen LogP contribution in [0.3, 0.4) is 0 Å². The van der Waals surface area contributed by atoms with Crippen molar-refractivity contribution in [1.82, 2.24) is 10.2 Å². The summed E-state index contributed by atoms with van der Waals surface area (Å²) >= 11 is 0. The Hall–Kier alpha value is -1.83. The summed E-state index contributed by atoms with van der Waals surface area (Å²) < 4.78 is 0. The zero-order valence-corrected chi connectivity index (χ0v) is 12.4. The lowest BCUT2D eigenvalue weighted by molar-refractivity contribution is -0.117. The smallest absolute Gasteiger partial charge is 0.296 e. The van der Waals surface area contributed by atoms with Gasteiger partial charge in [-0.15, -0.1) is 0 Å². The third-order valence-electron chi connectivity index (χ3n) is 3.86. The van der Waals surface area contributed by atoms with Crippen LogP contribution in [0.5, 0.6) is 0 Å². The fourth-order valence-corrected chi connectivity index (χ4v) is 2.79. The molecule has 2 unspecified atom stereocenters. The van der Waals surface area contributed by atoms with E-state index in [0.717, 1.165) is 26.1 Å². The lowest BCUT2D eigenvalue weighted by atomic mass is 9.92. The molecular weight excluding hydrogens is 264 g/mol. The van der Waals surface area contributed by atoms with Crippen LogP contribution in [0.25, 0.3) is 0 Å². The highest BCUT2D eigenvalue weighted by Gasteiger charge is 2.29. The zero-order valence-electron chi connectivity index (χ0n) is 12.4. The third kappa shape index (κ3) is 4.59. The number of hydrogen-bond donors (Lipinski definition) is 2. The molecule has 1 amide bonds. The molecule has 0 bridgehead atoms. The standard InChI is InChI=1S/C17H22N2O2/c1-2-6-17(21)18-16-9-10-19(12-15(16)13-20)11-14-7-4-3-5-8-14/h3-5,7-8,15-16,20H,9-13H2,1H3,(H,18,21). The summed E-state index contributed by atoms with van der Waals surface area (Å²) in [7, 11) is 0. The van der Waals surface area contributed by atoms with Crippen molar-refractivity contribution in [2.24, 2.45) is 5.92 Å². The molecule has 112 valence electrons. The molecule has 0 saturated carbocycles. The number of likely N-dealkylation sites (tertiary alicyclic amines) is 1. The van der Waals surface area contributed by atoms with Crippen molar-refractivity contribution in [3.05, 3.63) is 35.9 Å². The summed E-state index contributed by atoms with van der Waals surface area (Å²) in [6, 6.07) is 10.3. The Morgan fingerprint density at radius 2 is 2.19 bits per heavy atom. The van der Waals surface area contributed by atoms with Gasteiger partial charge >= 0.3 is 0 Å². The minimum Gasteiger partial charge on any atom is -0.396 e. The number of aliphatic hydroxyl groups excluding tert-OH is 1. The molecule has 0 aliphatic carbocycles. The van der Waals surface area contributed by atoms with Crippen LogP contribution in [0.1, 0.15) is 18.9 Å². The van der Waals surface area contributed by atoms with E-state index in [4.69, 9.17) is 0 Å². The first-order chi connectivity index (χ1) is 10.2. The van der Waals surface area contributed by atoms with Crippen molar-refractivity contribution in [3.8, 4) is 11.8 Å². The highest BCUT2D eigenvalue weighted by atomic mass is 16.3. The molecule has 1 aromatic carbocycles. The Morgan fingerprint density at radius 3 is 2.86 bits per heavy atom. The maximum absolute atomic E-state index is 11.6. The molecule has 2 N–H and O–H groups in total. The minimum atomic E-state index is -0.252. The largest absolute Gasteiger partial charge is 0.396 e. The number of amides is 1. The van der Waals surface area contributed by atoms with E-state index < -0.39 is 0 Å². The van der Waals surface area contributed by atoms with E-state index in [1.165, 1.54) is 5.56 Å². The van der Waals surface area contributed by atoms with Gasteiger partial charge in [0.15, 0.2) is 0 Å². The Bertz CT molecular complexity index is 519. The Labute approximate surface area is 126 Å². The minimum absolute atomic E-state index is 0.00960. The zero-order chi connectivity index (χ0) is 15.1. The molecule has 0 radical (unpaired) electrons. The van der Waals surface area contributed by atoms with Gasteiger partial charge in [0, 0.05) is 38.2 Å². The van der Waals surface area contributed by atoms with Crippen molar-refractivity contribution >= 4 is 5.91 Å². The van der Waals surface area contributed by atoms with Crippen LogP contribution >= 0.6 is 0 Å². The number of carbonyl (C=O) groups is 1. The summed E-state index contributed by atoms with van der Waals surface area (Å²) in [6.45, 7) is 4.31. The van der Waals surface area contributed by atoms with Crippen molar-refractivity contribution < 1.29 is 9.90 Å². The quantitative estimate of drug-likeness (QED) is 0.812. The fourth-order valence-electron chi connectivity index (χ4n) is 2.79. The molecule has 1 saturated heterocycles. The first kappa shape index (κ1) is 15.6. The normalized spacial score (nSPS) is 22.2. The van der Waals surface area contributed by atoms with E-state index in [1.807, 2.05) is 18.2 Å². The molecule has 4 heteroatoms. The second-order valence-electron chi connectivity index (χ2n) is 5.41. The first-order valence-electron chi connectivity index (χ1n) is 7.33. The van der Waals surface area contributed by atoms with E-state index in [0.29, 0.717) is 0 Å². The molecule has 21 heavy (non-hydrogen) atoms. The van der Waals surface area contributed by atoms with Gasteiger partial charge in [0.25, 0.3) is 5.91 Å². The van der Waals surface area contributed by atoms with Gasteiger partial charge in [-0.25, -0.2) is 0 Å². The van der Waals surface area contributed by atoms with Crippen molar-refractivity contribution in [2.75, 3.05) is 19.7 Å². The summed E-state index contributed by atoms with van der Waals surface area (Å²) in [5.41, 5.74) is 1.27. The van der Waals surface area contributed by atoms with Crippen LogP contribution in [0.15, 0.2) is 30.3 Å². The number of rotatable bonds is 4. The topological polar surface area (TPSA) is 52.6 Å². The highest BCUT2D eigenvalue weighted by Crippen LogP contribution is 2.19. The van der Waals surface area contributed by atoms with Gasteiger partial charge in [-0.2, -0.15) is 0 Å². The van der Waals surface area contributed by atoms with E-state index in [2.05, 4.69) is 34.2 Å². The first-order valence-corrected chi connectivity index (χ1v) is 7.33. The molecule has 0 spiro atoms. The SMILES string of the molecule is CC#CC(=O)NC1CCN(Cc2ccccc2)CC1CO. The summed E-state index contributed by atoms with van der Waals surface area (Å²) in [6.07, 6.45) is 0.842. The van der Waals surface area contributed by atoms with Crippen LogP contribution in [0, 0.1) is 17.8 Å². The van der Waals surface area contributed by atoms with E-state index >= 15 is 0 Å². The molecule has 1 fully saturated rings. The van der Waals surface area contributed by atoms with Gasteiger partial charge in [0.1, 0.15) is 0 Å². The molecule has 1 aliphatic rings. The number of benzene rings is 1. The predicted octanol–water partition coefficient (Wildman–Crippen LogP) is 1.01. The summed E-state index contributed by atoms with van der Waals surface area (Å²) in [5, 5.41) is 12.5.